The number of aromatic hydroxyl groups is 1. The largest absolute Gasteiger partial charge is 0.507 e. The van der Waals surface area contributed by atoms with Crippen molar-refractivity contribution in [2.75, 3.05) is 7.11 Å². The Hall–Kier alpha value is -2.49. The summed E-state index contributed by atoms with van der Waals surface area (Å²) in [6.07, 6.45) is 1.46. The van der Waals surface area contributed by atoms with E-state index in [1.807, 2.05) is 30.3 Å². The van der Waals surface area contributed by atoms with Crippen LogP contribution in [0.1, 0.15) is 11.1 Å². The van der Waals surface area contributed by atoms with Gasteiger partial charge in [-0.2, -0.15) is 0 Å². The number of nitrogens with zero attached hydrogens (tertiary/aromatic N) is 1. The SMILES string of the molecule is COc1ccc(O)c(C=NOCc2ccccc2)c1. The van der Waals surface area contributed by atoms with Crippen LogP contribution in [0.5, 0.6) is 11.5 Å². The molecule has 4 heteroatoms. The number of oxime groups is 1. The van der Waals surface area contributed by atoms with E-state index in [-0.39, 0.29) is 5.75 Å². The summed E-state index contributed by atoms with van der Waals surface area (Å²) in [6, 6.07) is 14.7. The predicted molar refractivity (Wildman–Crippen MR) is 73.5 cm³/mol. The minimum atomic E-state index is 0.132. The third-order valence-electron chi connectivity index (χ3n) is 2.58. The van der Waals surface area contributed by atoms with Gasteiger partial charge in [-0.3, -0.25) is 0 Å². The van der Waals surface area contributed by atoms with E-state index in [1.54, 1.807) is 25.3 Å². The molecular formula is C15H15NO3. The first-order chi connectivity index (χ1) is 9.29. The van der Waals surface area contributed by atoms with Crippen LogP contribution in [0.3, 0.4) is 0 Å². The number of rotatable bonds is 5. The smallest absolute Gasteiger partial charge is 0.142 e. The van der Waals surface area contributed by atoms with Crippen molar-refractivity contribution in [1.82, 2.24) is 0 Å². The van der Waals surface area contributed by atoms with Gasteiger partial charge in [-0.15, -0.1) is 0 Å². The van der Waals surface area contributed by atoms with Crippen LogP contribution in [0, 0.1) is 0 Å². The normalized spacial score (nSPS) is 10.6. The Labute approximate surface area is 111 Å². The first-order valence-electron chi connectivity index (χ1n) is 5.86. The van der Waals surface area contributed by atoms with Crippen molar-refractivity contribution >= 4 is 6.21 Å². The van der Waals surface area contributed by atoms with Crippen LogP contribution in [-0.2, 0) is 11.4 Å². The van der Waals surface area contributed by atoms with Gasteiger partial charge in [0.1, 0.15) is 18.1 Å². The van der Waals surface area contributed by atoms with Crippen molar-refractivity contribution in [2.45, 2.75) is 6.61 Å². The van der Waals surface area contributed by atoms with Crippen LogP contribution in [-0.4, -0.2) is 18.4 Å². The molecule has 0 saturated heterocycles. The molecule has 19 heavy (non-hydrogen) atoms. The van der Waals surface area contributed by atoms with Gasteiger partial charge >= 0.3 is 0 Å². The van der Waals surface area contributed by atoms with Crippen LogP contribution in [0.25, 0.3) is 0 Å². The first kappa shape index (κ1) is 13.0. The molecule has 4 nitrogen and oxygen atoms in total. The summed E-state index contributed by atoms with van der Waals surface area (Å²) in [5.41, 5.74) is 1.59. The molecule has 2 aromatic rings. The van der Waals surface area contributed by atoms with Gasteiger partial charge in [-0.05, 0) is 23.8 Å². The number of ether oxygens (including phenoxy) is 1. The van der Waals surface area contributed by atoms with E-state index in [2.05, 4.69) is 5.16 Å². The average molecular weight is 257 g/mol. The van der Waals surface area contributed by atoms with E-state index in [0.717, 1.165) is 5.56 Å². The van der Waals surface area contributed by atoms with Crippen LogP contribution in [0.15, 0.2) is 53.7 Å². The predicted octanol–water partition coefficient (Wildman–Crippen LogP) is 2.95. The highest BCUT2D eigenvalue weighted by molar-refractivity contribution is 5.83. The molecule has 1 N–H and O–H groups in total. The minimum Gasteiger partial charge on any atom is -0.507 e. The highest BCUT2D eigenvalue weighted by Gasteiger charge is 2.00. The molecule has 0 aromatic heterocycles. The van der Waals surface area contributed by atoms with E-state index in [0.29, 0.717) is 17.9 Å². The van der Waals surface area contributed by atoms with Gasteiger partial charge < -0.3 is 14.7 Å². The summed E-state index contributed by atoms with van der Waals surface area (Å²) in [5.74, 6) is 0.787. The maximum absolute atomic E-state index is 9.64. The third-order valence-corrected chi connectivity index (χ3v) is 2.58. The average Bonchev–Trinajstić information content (AvgIpc) is 2.46. The third kappa shape index (κ3) is 3.74. The molecule has 0 saturated carbocycles. The molecule has 0 spiro atoms. The Balaban J connectivity index is 1.95. The highest BCUT2D eigenvalue weighted by Crippen LogP contribution is 2.21. The Morgan fingerprint density at radius 1 is 1.16 bits per heavy atom. The number of hydrogen-bond acceptors (Lipinski definition) is 4. The van der Waals surface area contributed by atoms with Crippen molar-refractivity contribution in [2.24, 2.45) is 5.16 Å². The van der Waals surface area contributed by atoms with Crippen LogP contribution in [0.4, 0.5) is 0 Å². The summed E-state index contributed by atoms with van der Waals surface area (Å²) >= 11 is 0. The van der Waals surface area contributed by atoms with Gasteiger partial charge in [0.25, 0.3) is 0 Å². The highest BCUT2D eigenvalue weighted by atomic mass is 16.6. The van der Waals surface area contributed by atoms with E-state index >= 15 is 0 Å². The monoisotopic (exact) mass is 257 g/mol. The quantitative estimate of drug-likeness (QED) is 0.661. The molecule has 0 aliphatic carbocycles. The Kier molecular flexibility index (Phi) is 4.39. The van der Waals surface area contributed by atoms with Crippen molar-refractivity contribution < 1.29 is 14.7 Å². The lowest BCUT2D eigenvalue weighted by atomic mass is 10.2. The molecule has 0 bridgehead atoms. The van der Waals surface area contributed by atoms with E-state index in [9.17, 15) is 5.11 Å². The molecule has 0 atom stereocenters. The fraction of sp³-hybridized carbons (Fsp3) is 0.133. The second-order valence-corrected chi connectivity index (χ2v) is 3.92. The molecule has 98 valence electrons. The summed E-state index contributed by atoms with van der Waals surface area (Å²) in [5, 5.41) is 13.5. The molecule has 0 unspecified atom stereocenters. The van der Waals surface area contributed by atoms with Gasteiger partial charge in [0.15, 0.2) is 0 Å². The Morgan fingerprint density at radius 2 is 1.95 bits per heavy atom. The summed E-state index contributed by atoms with van der Waals surface area (Å²) in [6.45, 7) is 0.391. The fourth-order valence-electron chi connectivity index (χ4n) is 1.54. The zero-order valence-electron chi connectivity index (χ0n) is 10.6. The molecule has 0 fully saturated rings. The molecule has 0 aliphatic rings. The van der Waals surface area contributed by atoms with Crippen LogP contribution >= 0.6 is 0 Å². The van der Waals surface area contributed by atoms with Crippen LogP contribution in [0.2, 0.25) is 0 Å². The van der Waals surface area contributed by atoms with Crippen molar-refractivity contribution in [3.63, 3.8) is 0 Å². The standard InChI is InChI=1S/C15H15NO3/c1-18-14-7-8-15(17)13(9-14)10-16-19-11-12-5-3-2-4-6-12/h2-10,17H,11H2,1H3. The summed E-state index contributed by atoms with van der Waals surface area (Å²) in [4.78, 5) is 5.17. The molecule has 0 radical (unpaired) electrons. The van der Waals surface area contributed by atoms with Gasteiger partial charge in [0.05, 0.1) is 13.3 Å². The first-order valence-corrected chi connectivity index (χ1v) is 5.86. The second kappa shape index (κ2) is 6.44. The lowest BCUT2D eigenvalue weighted by Gasteiger charge is -2.03. The summed E-state index contributed by atoms with van der Waals surface area (Å²) in [7, 11) is 1.57. The number of phenolic OH excluding ortho intramolecular Hbond substituents is 1. The maximum Gasteiger partial charge on any atom is 0.142 e. The van der Waals surface area contributed by atoms with Gasteiger partial charge in [-0.1, -0.05) is 35.5 Å². The number of benzene rings is 2. The van der Waals surface area contributed by atoms with Gasteiger partial charge in [0.2, 0.25) is 0 Å². The number of phenols is 1. The van der Waals surface area contributed by atoms with Crippen molar-refractivity contribution in [3.8, 4) is 11.5 Å². The van der Waals surface area contributed by atoms with Gasteiger partial charge in [0, 0.05) is 5.56 Å². The fourth-order valence-corrected chi connectivity index (χ4v) is 1.54. The molecule has 0 heterocycles. The maximum atomic E-state index is 9.64. The second-order valence-electron chi connectivity index (χ2n) is 3.92. The lowest BCUT2D eigenvalue weighted by molar-refractivity contribution is 0.132. The van der Waals surface area contributed by atoms with Crippen LogP contribution < -0.4 is 4.74 Å². The molecule has 2 rings (SSSR count). The molecule has 0 aliphatic heterocycles. The minimum absolute atomic E-state index is 0.132. The topological polar surface area (TPSA) is 51.0 Å². The molecular weight excluding hydrogens is 242 g/mol. The molecule has 0 amide bonds. The zero-order chi connectivity index (χ0) is 13.5. The lowest BCUT2D eigenvalue weighted by Crippen LogP contribution is -1.90. The molecule has 2 aromatic carbocycles. The van der Waals surface area contributed by atoms with Crippen molar-refractivity contribution in [3.05, 3.63) is 59.7 Å². The van der Waals surface area contributed by atoms with E-state index in [4.69, 9.17) is 9.57 Å². The zero-order valence-corrected chi connectivity index (χ0v) is 10.6. The number of methoxy groups -OCH3 is 1. The van der Waals surface area contributed by atoms with Gasteiger partial charge in [-0.25, -0.2) is 0 Å². The Bertz CT molecular complexity index is 553. The Morgan fingerprint density at radius 3 is 2.68 bits per heavy atom. The number of hydrogen-bond donors (Lipinski definition) is 1. The van der Waals surface area contributed by atoms with E-state index in [1.165, 1.54) is 6.21 Å². The summed E-state index contributed by atoms with van der Waals surface area (Å²) < 4.78 is 5.07. The van der Waals surface area contributed by atoms with E-state index < -0.39 is 0 Å². The van der Waals surface area contributed by atoms with Crippen molar-refractivity contribution in [1.29, 1.82) is 0 Å².